The van der Waals surface area contributed by atoms with Crippen LogP contribution in [0.4, 0.5) is 0 Å². The number of fused-ring (bicyclic) bond motifs is 1. The summed E-state index contributed by atoms with van der Waals surface area (Å²) >= 11 is 0. The summed E-state index contributed by atoms with van der Waals surface area (Å²) < 4.78 is 10.8. The van der Waals surface area contributed by atoms with Gasteiger partial charge in [0.25, 0.3) is 0 Å². The Morgan fingerprint density at radius 3 is 2.69 bits per heavy atom. The molecule has 0 spiro atoms. The molecule has 0 amide bonds. The van der Waals surface area contributed by atoms with Crippen LogP contribution >= 0.6 is 7.60 Å². The van der Waals surface area contributed by atoms with Crippen molar-refractivity contribution in [2.45, 2.75) is 0 Å². The summed E-state index contributed by atoms with van der Waals surface area (Å²) in [4.78, 5) is 25.5. The van der Waals surface area contributed by atoms with E-state index in [9.17, 15) is 14.4 Å². The van der Waals surface area contributed by atoms with Gasteiger partial charge in [0.05, 0.1) is 0 Å². The topological polar surface area (TPSA) is 99.9 Å². The summed E-state index contributed by atoms with van der Waals surface area (Å²) in [6, 6.07) is 7.37. The summed E-state index contributed by atoms with van der Waals surface area (Å²) in [7, 11) is -4.79. The van der Waals surface area contributed by atoms with Crippen molar-refractivity contribution in [1.82, 2.24) is 4.98 Å². The van der Waals surface area contributed by atoms with Crippen LogP contribution in [0.5, 0.6) is 0 Å². The highest BCUT2D eigenvalue weighted by atomic mass is 31.2. The van der Waals surface area contributed by atoms with Crippen LogP contribution in [0.2, 0.25) is 0 Å². The minimum absolute atomic E-state index is 0.104. The molecule has 1 aromatic heterocycles. The second-order valence-electron chi connectivity index (χ2n) is 3.17. The Kier molecular flexibility index (Phi) is 2.49. The lowest BCUT2D eigenvalue weighted by Crippen LogP contribution is -2.24. The van der Waals surface area contributed by atoms with Crippen LogP contribution in [0.1, 0.15) is 5.69 Å². The Morgan fingerprint density at radius 2 is 2.06 bits per heavy atom. The van der Waals surface area contributed by atoms with E-state index in [1.807, 2.05) is 6.07 Å². The first-order valence-electron chi connectivity index (χ1n) is 4.34. The average Bonchev–Trinajstić information content (AvgIpc) is 2.26. The van der Waals surface area contributed by atoms with E-state index in [0.29, 0.717) is 10.8 Å². The molecule has 0 saturated heterocycles. The van der Waals surface area contributed by atoms with E-state index in [1.165, 1.54) is 24.4 Å². The molecular formula is C10H5N2O3P-2. The molecule has 1 heterocycles. The SMILES string of the molecule is N#Cc1nccc2ccc(P(=O)([O-])[O-])cc12. The summed E-state index contributed by atoms with van der Waals surface area (Å²) in [5, 5.41) is 9.50. The van der Waals surface area contributed by atoms with Gasteiger partial charge >= 0.3 is 0 Å². The lowest BCUT2D eigenvalue weighted by Gasteiger charge is -2.29. The van der Waals surface area contributed by atoms with Gasteiger partial charge in [-0.05, 0) is 30.4 Å². The predicted molar refractivity (Wildman–Crippen MR) is 53.7 cm³/mol. The van der Waals surface area contributed by atoms with Gasteiger partial charge in [0.15, 0.2) is 0 Å². The largest absolute Gasteiger partial charge is 0.807 e. The van der Waals surface area contributed by atoms with E-state index in [-0.39, 0.29) is 11.0 Å². The number of nitrogens with zero attached hydrogens (tertiary/aromatic N) is 2. The van der Waals surface area contributed by atoms with Crippen LogP contribution in [0.25, 0.3) is 10.8 Å². The second kappa shape index (κ2) is 3.69. The van der Waals surface area contributed by atoms with Crippen LogP contribution in [-0.2, 0) is 4.57 Å². The molecule has 0 N–H and O–H groups in total. The van der Waals surface area contributed by atoms with Gasteiger partial charge in [-0.3, -0.25) is 0 Å². The molecule has 6 heteroatoms. The van der Waals surface area contributed by atoms with Crippen molar-refractivity contribution in [1.29, 1.82) is 5.26 Å². The monoisotopic (exact) mass is 232 g/mol. The van der Waals surface area contributed by atoms with Crippen molar-refractivity contribution >= 4 is 23.7 Å². The number of benzene rings is 1. The van der Waals surface area contributed by atoms with Gasteiger partial charge in [-0.1, -0.05) is 12.1 Å². The van der Waals surface area contributed by atoms with E-state index < -0.39 is 7.60 Å². The molecule has 0 saturated carbocycles. The number of rotatable bonds is 1. The number of hydrogen-bond acceptors (Lipinski definition) is 5. The molecule has 1 aromatic carbocycles. The van der Waals surface area contributed by atoms with Gasteiger partial charge < -0.3 is 14.4 Å². The fraction of sp³-hybridized carbons (Fsp3) is 0. The average molecular weight is 232 g/mol. The fourth-order valence-corrected chi connectivity index (χ4v) is 1.96. The molecule has 0 bridgehead atoms. The van der Waals surface area contributed by atoms with Gasteiger partial charge in [0.2, 0.25) is 0 Å². The predicted octanol–water partition coefficient (Wildman–Crippen LogP) is -0.355. The van der Waals surface area contributed by atoms with Crippen LogP contribution in [0.3, 0.4) is 0 Å². The maximum absolute atomic E-state index is 10.8. The quantitative estimate of drug-likeness (QED) is 0.625. The van der Waals surface area contributed by atoms with E-state index in [1.54, 1.807) is 6.07 Å². The molecule has 2 aromatic rings. The van der Waals surface area contributed by atoms with Crippen molar-refractivity contribution < 1.29 is 14.4 Å². The highest BCUT2D eigenvalue weighted by Crippen LogP contribution is 2.25. The van der Waals surface area contributed by atoms with E-state index >= 15 is 0 Å². The molecule has 0 aliphatic rings. The highest BCUT2D eigenvalue weighted by molar-refractivity contribution is 7.57. The molecule has 0 aliphatic carbocycles. The van der Waals surface area contributed by atoms with Gasteiger partial charge in [-0.15, -0.1) is 0 Å². The summed E-state index contributed by atoms with van der Waals surface area (Å²) in [6.07, 6.45) is 1.45. The number of aromatic nitrogens is 1. The second-order valence-corrected chi connectivity index (χ2v) is 4.69. The minimum atomic E-state index is -4.79. The van der Waals surface area contributed by atoms with Crippen molar-refractivity contribution in [2.24, 2.45) is 0 Å². The summed E-state index contributed by atoms with van der Waals surface area (Å²) in [5.41, 5.74) is 0.104. The minimum Gasteiger partial charge on any atom is -0.807 e. The zero-order chi connectivity index (χ0) is 11.8. The molecular weight excluding hydrogens is 227 g/mol. The van der Waals surface area contributed by atoms with Crippen LogP contribution in [-0.4, -0.2) is 4.98 Å². The van der Waals surface area contributed by atoms with Crippen molar-refractivity contribution in [3.05, 3.63) is 36.2 Å². The molecule has 80 valence electrons. The Morgan fingerprint density at radius 1 is 1.31 bits per heavy atom. The number of nitriles is 1. The highest BCUT2D eigenvalue weighted by Gasteiger charge is 2.04. The van der Waals surface area contributed by atoms with Gasteiger partial charge in [-0.25, -0.2) is 4.98 Å². The Hall–Kier alpha value is -1.73. The Balaban J connectivity index is 2.80. The first kappa shape index (κ1) is 10.8. The third-order valence-corrected chi connectivity index (χ3v) is 3.08. The van der Waals surface area contributed by atoms with E-state index in [4.69, 9.17) is 5.26 Å². The zero-order valence-corrected chi connectivity index (χ0v) is 8.85. The molecule has 0 atom stereocenters. The van der Waals surface area contributed by atoms with Crippen LogP contribution < -0.4 is 15.1 Å². The molecule has 0 radical (unpaired) electrons. The fourth-order valence-electron chi connectivity index (χ4n) is 1.42. The van der Waals surface area contributed by atoms with Gasteiger partial charge in [0.1, 0.15) is 11.8 Å². The maximum Gasteiger partial charge on any atom is 0.148 e. The maximum atomic E-state index is 10.8. The molecule has 0 unspecified atom stereocenters. The van der Waals surface area contributed by atoms with Crippen molar-refractivity contribution in [2.75, 3.05) is 0 Å². The number of hydrogen-bond donors (Lipinski definition) is 0. The van der Waals surface area contributed by atoms with Crippen LogP contribution in [0.15, 0.2) is 30.5 Å². The Bertz CT molecular complexity index is 642. The number of pyridine rings is 1. The molecule has 2 rings (SSSR count). The van der Waals surface area contributed by atoms with E-state index in [0.717, 1.165) is 0 Å². The third kappa shape index (κ3) is 1.82. The summed E-state index contributed by atoms with van der Waals surface area (Å²) in [5.74, 6) is 0. The molecule has 0 aliphatic heterocycles. The van der Waals surface area contributed by atoms with Crippen molar-refractivity contribution in [3.63, 3.8) is 0 Å². The van der Waals surface area contributed by atoms with E-state index in [2.05, 4.69) is 4.98 Å². The Labute approximate surface area is 91.1 Å². The first-order chi connectivity index (χ1) is 7.52. The first-order valence-corrected chi connectivity index (χ1v) is 5.88. The molecule has 5 nitrogen and oxygen atoms in total. The van der Waals surface area contributed by atoms with Crippen LogP contribution in [0, 0.1) is 11.3 Å². The van der Waals surface area contributed by atoms with Gasteiger partial charge in [-0.2, -0.15) is 5.26 Å². The smallest absolute Gasteiger partial charge is 0.148 e. The molecule has 16 heavy (non-hydrogen) atoms. The van der Waals surface area contributed by atoms with Crippen molar-refractivity contribution in [3.8, 4) is 6.07 Å². The normalized spacial score (nSPS) is 11.3. The zero-order valence-electron chi connectivity index (χ0n) is 7.95. The third-order valence-electron chi connectivity index (χ3n) is 2.17. The standard InChI is InChI=1S/C10H7N2O3P/c11-6-10-9-5-8(16(13,14)15)2-1-7(9)3-4-12-10/h1-5H,(H2,13,14,15)/p-2. The summed E-state index contributed by atoms with van der Waals surface area (Å²) in [6.45, 7) is 0. The van der Waals surface area contributed by atoms with Gasteiger partial charge in [0, 0.05) is 11.6 Å². The molecule has 0 fully saturated rings. The lowest BCUT2D eigenvalue weighted by molar-refractivity contribution is -0.307. The lowest BCUT2D eigenvalue weighted by atomic mass is 10.1.